The van der Waals surface area contributed by atoms with Gasteiger partial charge in [0, 0.05) is 20.2 Å². The summed E-state index contributed by atoms with van der Waals surface area (Å²) in [5.41, 5.74) is 0.142. The Morgan fingerprint density at radius 1 is 1.38 bits per heavy atom. The molecule has 21 heavy (non-hydrogen) atoms. The molecule has 0 aliphatic carbocycles. The van der Waals surface area contributed by atoms with Gasteiger partial charge in [0.15, 0.2) is 0 Å². The number of hydrogen-bond donors (Lipinski definition) is 1. The summed E-state index contributed by atoms with van der Waals surface area (Å²) in [5.74, 6) is -0.0762. The van der Waals surface area contributed by atoms with Gasteiger partial charge >= 0.3 is 0 Å². The number of methoxy groups -OCH3 is 1. The van der Waals surface area contributed by atoms with Crippen LogP contribution in [0.4, 0.5) is 0 Å². The average molecular weight is 316 g/mol. The number of primary sulfonamides is 1. The van der Waals surface area contributed by atoms with Crippen LogP contribution in [0.15, 0.2) is 23.1 Å². The number of amides is 1. The molecular formula is C13H20N2O5S. The van der Waals surface area contributed by atoms with Gasteiger partial charge in [0.05, 0.1) is 24.2 Å². The highest BCUT2D eigenvalue weighted by molar-refractivity contribution is 7.89. The van der Waals surface area contributed by atoms with E-state index >= 15 is 0 Å². The van der Waals surface area contributed by atoms with Crippen molar-refractivity contribution >= 4 is 15.9 Å². The molecule has 1 aromatic carbocycles. The van der Waals surface area contributed by atoms with Crippen LogP contribution in [0.2, 0.25) is 0 Å². The molecule has 0 unspecified atom stereocenters. The van der Waals surface area contributed by atoms with Gasteiger partial charge in [-0.25, -0.2) is 13.6 Å². The van der Waals surface area contributed by atoms with Crippen LogP contribution in [-0.4, -0.2) is 53.1 Å². The van der Waals surface area contributed by atoms with E-state index in [1.165, 1.54) is 30.2 Å². The van der Waals surface area contributed by atoms with Crippen molar-refractivity contribution in [2.75, 3.05) is 33.9 Å². The molecule has 0 radical (unpaired) electrons. The molecule has 1 rings (SSSR count). The molecule has 7 nitrogen and oxygen atoms in total. The van der Waals surface area contributed by atoms with E-state index in [0.717, 1.165) is 0 Å². The predicted molar refractivity (Wildman–Crippen MR) is 77.8 cm³/mol. The van der Waals surface area contributed by atoms with Crippen LogP contribution >= 0.6 is 0 Å². The standard InChI is InChI=1S/C13H20N2O5S/c1-4-20-8-7-15(2)13(16)11-9-10(21(14,17)18)5-6-12(11)19-3/h5-6,9H,4,7-8H2,1-3H3,(H2,14,17,18). The maximum Gasteiger partial charge on any atom is 0.257 e. The molecule has 0 spiro atoms. The summed E-state index contributed by atoms with van der Waals surface area (Å²) < 4.78 is 33.0. The summed E-state index contributed by atoms with van der Waals surface area (Å²) in [5, 5.41) is 5.08. The summed E-state index contributed by atoms with van der Waals surface area (Å²) in [4.78, 5) is 13.6. The second-order valence-corrected chi connectivity index (χ2v) is 5.89. The van der Waals surface area contributed by atoms with Gasteiger partial charge in [-0.15, -0.1) is 0 Å². The first-order valence-corrected chi connectivity index (χ1v) is 7.90. The fraction of sp³-hybridized carbons (Fsp3) is 0.462. The van der Waals surface area contributed by atoms with Crippen molar-refractivity contribution in [3.63, 3.8) is 0 Å². The normalized spacial score (nSPS) is 11.2. The lowest BCUT2D eigenvalue weighted by atomic mass is 10.1. The lowest BCUT2D eigenvalue weighted by Gasteiger charge is -2.19. The fourth-order valence-electron chi connectivity index (χ4n) is 1.68. The van der Waals surface area contributed by atoms with Crippen molar-refractivity contribution < 1.29 is 22.7 Å². The maximum absolute atomic E-state index is 12.4. The Kier molecular flexibility index (Phi) is 6.13. The van der Waals surface area contributed by atoms with Gasteiger partial charge in [-0.1, -0.05) is 0 Å². The number of hydrogen-bond acceptors (Lipinski definition) is 5. The molecule has 0 fully saturated rings. The molecule has 0 aromatic heterocycles. The van der Waals surface area contributed by atoms with E-state index < -0.39 is 10.0 Å². The third-order valence-corrected chi connectivity index (χ3v) is 3.76. The zero-order valence-corrected chi connectivity index (χ0v) is 13.1. The van der Waals surface area contributed by atoms with Gasteiger partial charge in [-0.3, -0.25) is 4.79 Å². The van der Waals surface area contributed by atoms with Crippen LogP contribution in [0.1, 0.15) is 17.3 Å². The van der Waals surface area contributed by atoms with Crippen molar-refractivity contribution in [2.45, 2.75) is 11.8 Å². The van der Waals surface area contributed by atoms with Crippen molar-refractivity contribution in [1.82, 2.24) is 4.90 Å². The minimum atomic E-state index is -3.88. The van der Waals surface area contributed by atoms with Crippen LogP contribution in [-0.2, 0) is 14.8 Å². The van der Waals surface area contributed by atoms with Crippen LogP contribution < -0.4 is 9.88 Å². The van der Waals surface area contributed by atoms with Gasteiger partial charge in [-0.2, -0.15) is 0 Å². The maximum atomic E-state index is 12.4. The van der Waals surface area contributed by atoms with Gasteiger partial charge in [0.1, 0.15) is 5.75 Å². The molecule has 2 N–H and O–H groups in total. The van der Waals surface area contributed by atoms with E-state index in [9.17, 15) is 13.2 Å². The van der Waals surface area contributed by atoms with Crippen molar-refractivity contribution in [3.05, 3.63) is 23.8 Å². The Labute approximate surface area is 124 Å². The molecule has 0 atom stereocenters. The first-order valence-electron chi connectivity index (χ1n) is 6.35. The highest BCUT2D eigenvalue weighted by Gasteiger charge is 2.20. The first kappa shape index (κ1) is 17.4. The molecule has 0 heterocycles. The van der Waals surface area contributed by atoms with Crippen molar-refractivity contribution in [1.29, 1.82) is 0 Å². The molecule has 0 aliphatic rings. The zero-order valence-electron chi connectivity index (χ0n) is 12.3. The number of nitrogens with two attached hydrogens (primary N) is 1. The van der Waals surface area contributed by atoms with E-state index in [-0.39, 0.29) is 22.1 Å². The number of carbonyl (C=O) groups excluding carboxylic acids is 1. The zero-order chi connectivity index (χ0) is 16.0. The molecule has 1 aromatic rings. The van der Waals surface area contributed by atoms with E-state index in [2.05, 4.69) is 0 Å². The Morgan fingerprint density at radius 2 is 2.05 bits per heavy atom. The number of ether oxygens (including phenoxy) is 2. The third-order valence-electron chi connectivity index (χ3n) is 2.85. The predicted octanol–water partition coefficient (Wildman–Crippen LogP) is 0.451. The van der Waals surface area contributed by atoms with Gasteiger partial charge in [0.2, 0.25) is 10.0 Å². The van der Waals surface area contributed by atoms with E-state index in [0.29, 0.717) is 19.8 Å². The number of likely N-dealkylation sites (N-methyl/N-ethyl adjacent to an activating group) is 1. The number of benzene rings is 1. The first-order chi connectivity index (χ1) is 9.81. The quantitative estimate of drug-likeness (QED) is 0.736. The molecule has 0 bridgehead atoms. The third kappa shape index (κ3) is 4.69. The Morgan fingerprint density at radius 3 is 2.57 bits per heavy atom. The van der Waals surface area contributed by atoms with Crippen LogP contribution in [0.25, 0.3) is 0 Å². The van der Waals surface area contributed by atoms with E-state index in [4.69, 9.17) is 14.6 Å². The summed E-state index contributed by atoms with van der Waals surface area (Å²) >= 11 is 0. The smallest absolute Gasteiger partial charge is 0.257 e. The van der Waals surface area contributed by atoms with E-state index in [1.807, 2.05) is 6.92 Å². The van der Waals surface area contributed by atoms with Gasteiger partial charge < -0.3 is 14.4 Å². The Bertz CT molecular complexity index is 601. The lowest BCUT2D eigenvalue weighted by molar-refractivity contribution is 0.0706. The van der Waals surface area contributed by atoms with Crippen molar-refractivity contribution in [3.8, 4) is 5.75 Å². The lowest BCUT2D eigenvalue weighted by Crippen LogP contribution is -2.30. The van der Waals surface area contributed by atoms with Gasteiger partial charge in [0.25, 0.3) is 5.91 Å². The number of carbonyl (C=O) groups is 1. The average Bonchev–Trinajstić information content (AvgIpc) is 2.44. The summed E-state index contributed by atoms with van der Waals surface area (Å²) in [6.07, 6.45) is 0. The summed E-state index contributed by atoms with van der Waals surface area (Å²) in [6, 6.07) is 3.92. The highest BCUT2D eigenvalue weighted by Crippen LogP contribution is 2.23. The van der Waals surface area contributed by atoms with Crippen molar-refractivity contribution in [2.24, 2.45) is 5.14 Å². The summed E-state index contributed by atoms with van der Waals surface area (Å²) in [7, 11) is -0.874. The van der Waals surface area contributed by atoms with E-state index in [1.54, 1.807) is 7.05 Å². The highest BCUT2D eigenvalue weighted by atomic mass is 32.2. The molecule has 8 heteroatoms. The monoisotopic (exact) mass is 316 g/mol. The second-order valence-electron chi connectivity index (χ2n) is 4.33. The number of sulfonamides is 1. The van der Waals surface area contributed by atoms with Crippen LogP contribution in [0.3, 0.4) is 0 Å². The Balaban J connectivity index is 3.06. The van der Waals surface area contributed by atoms with Gasteiger partial charge in [-0.05, 0) is 25.1 Å². The Hall–Kier alpha value is -1.64. The molecule has 0 saturated heterocycles. The SMILES string of the molecule is CCOCCN(C)C(=O)c1cc(S(N)(=O)=O)ccc1OC. The molecule has 0 saturated carbocycles. The fourth-order valence-corrected chi connectivity index (χ4v) is 2.22. The van der Waals surface area contributed by atoms with Crippen LogP contribution in [0, 0.1) is 0 Å². The minimum absolute atomic E-state index is 0.134. The minimum Gasteiger partial charge on any atom is -0.496 e. The van der Waals surface area contributed by atoms with Crippen LogP contribution in [0.5, 0.6) is 5.75 Å². The second kappa shape index (κ2) is 7.39. The molecule has 1 amide bonds. The molecule has 0 aliphatic heterocycles. The summed E-state index contributed by atoms with van der Waals surface area (Å²) in [6.45, 7) is 3.21. The number of rotatable bonds is 7. The largest absolute Gasteiger partial charge is 0.496 e. The molecule has 118 valence electrons. The topological polar surface area (TPSA) is 98.9 Å². The number of nitrogens with zero attached hydrogens (tertiary/aromatic N) is 1. The molecular weight excluding hydrogens is 296 g/mol.